The molecule has 13 atom stereocenters. The number of fused-ring (bicyclic) bond motifs is 1. The van der Waals surface area contributed by atoms with Gasteiger partial charge in [-0.15, -0.1) is 0 Å². The molecular formula is C82H100F3N17O28. The summed E-state index contributed by atoms with van der Waals surface area (Å²) in [7, 11) is 0. The highest BCUT2D eigenvalue weighted by molar-refractivity contribution is 6.05. The van der Waals surface area contributed by atoms with Crippen LogP contribution in [0.2, 0.25) is 0 Å². The molecule has 0 saturated carbocycles. The number of aromatic amines is 1. The third-order valence-corrected chi connectivity index (χ3v) is 19.4. The van der Waals surface area contributed by atoms with E-state index in [2.05, 4.69) is 58.2 Å². The minimum absolute atomic E-state index is 0.231. The molecule has 1 aromatic heterocycles. The Morgan fingerprint density at radius 1 is 0.562 bits per heavy atom. The number of Topliss-reactive ketones (excluding diaryl/α,β-unsaturated/α-hetero) is 1. The molecule has 5 aromatic rings. The summed E-state index contributed by atoms with van der Waals surface area (Å²) in [4.78, 5) is 292. The number of ether oxygens (including phenoxy) is 2. The number of hydrogen-bond acceptors (Lipinski definition) is 25. The number of carbonyl (C=O) groups excluding carboxylic acids is 17. The molecule has 1 saturated heterocycles. The number of ketones is 1. The van der Waals surface area contributed by atoms with Gasteiger partial charge in [0.2, 0.25) is 82.7 Å². The van der Waals surface area contributed by atoms with Gasteiger partial charge in [0.1, 0.15) is 78.2 Å². The molecule has 6 rings (SSSR count). The number of hydrogen-bond donors (Lipinski definition) is 22. The standard InChI is InChI=1S/C82H100F3N17O28/c1-38(26-63(109)110)67-78(126)100-56(29-58(104)47-13-7-9-14-48(47)86)79(127)129-40(3)68(77(125)91-36-61(107)93-50(16-11-25-88-80(128)130-81(4,5)6)71(119)98-54(32-65(113)114)72(120)92-39(2)69(117)96-53(31-64(111)112)70(118)90-35-62(108)95-57(37-103)76(124)101-67)102-75(123)55(33-66(115)116)99-74(122)52(30-59(87)105)97-73(121)51(28-44-34-89-49-15-10-8-12-46(44)49)94-60(106)27-41-17-19-42(20-18-41)43-21-23-45(24-22-43)82(83,84)85/h7-10,12-15,17-24,34,38-40,50-57,67-68,89,103H,11,16,25-33,35-37,86H2,1-6H3,(H2,87,105)(H,88,128)(H,90,118)(H,91,125)(H,92,120)(H,93,107)(H,94,106)(H,95,108)(H,96,117)(H,97,121)(H,98,119)(H,99,122)(H,100,126)(H,101,124)(H,102,123)(H,109,110)(H,111,112)(H,113,114)(H,115,116). The maximum Gasteiger partial charge on any atom is 0.416 e. The van der Waals surface area contributed by atoms with Crippen molar-refractivity contribution in [3.05, 3.63) is 126 Å². The average molecular weight is 1830 g/mol. The molecule has 48 heteroatoms. The number of benzene rings is 4. The summed E-state index contributed by atoms with van der Waals surface area (Å²) >= 11 is 0. The van der Waals surface area contributed by atoms with E-state index < -0.39 is 291 Å². The number of rotatable bonds is 31. The van der Waals surface area contributed by atoms with Gasteiger partial charge in [-0.3, -0.25) is 91.1 Å². The fraction of sp³-hybridized carbons (Fsp3) is 0.427. The van der Waals surface area contributed by atoms with E-state index in [1.54, 1.807) is 24.3 Å². The number of aliphatic hydroxyl groups excluding tert-OH is 1. The second-order valence-electron chi connectivity index (χ2n) is 31.0. The highest BCUT2D eigenvalue weighted by atomic mass is 19.4. The van der Waals surface area contributed by atoms with E-state index in [4.69, 9.17) is 20.9 Å². The van der Waals surface area contributed by atoms with Crippen molar-refractivity contribution >= 4 is 141 Å². The number of H-pyrrole nitrogens is 1. The summed E-state index contributed by atoms with van der Waals surface area (Å²) in [6, 6.07) is -1.75. The van der Waals surface area contributed by atoms with Crippen molar-refractivity contribution in [1.29, 1.82) is 0 Å². The van der Waals surface area contributed by atoms with Crippen LogP contribution >= 0.6 is 0 Å². The lowest BCUT2D eigenvalue weighted by molar-refractivity contribution is -0.156. The molecule has 13 unspecified atom stereocenters. The lowest BCUT2D eigenvalue weighted by atomic mass is 9.96. The zero-order valence-corrected chi connectivity index (χ0v) is 70.6. The quantitative estimate of drug-likeness (QED) is 0.00896. The van der Waals surface area contributed by atoms with E-state index in [0.29, 0.717) is 33.2 Å². The van der Waals surface area contributed by atoms with Crippen molar-refractivity contribution in [1.82, 2.24) is 79.4 Å². The van der Waals surface area contributed by atoms with Gasteiger partial charge in [0, 0.05) is 47.7 Å². The van der Waals surface area contributed by atoms with Gasteiger partial charge in [0.05, 0.1) is 63.8 Å². The number of para-hydroxylation sites is 2. The number of anilines is 1. The number of aliphatic hydroxyl groups is 1. The van der Waals surface area contributed by atoms with Crippen molar-refractivity contribution in [2.75, 3.05) is 32.0 Å². The molecule has 0 radical (unpaired) electrons. The van der Waals surface area contributed by atoms with Gasteiger partial charge >= 0.3 is 42.1 Å². The molecule has 24 N–H and O–H groups in total. The Morgan fingerprint density at radius 3 is 1.67 bits per heavy atom. The van der Waals surface area contributed by atoms with Crippen LogP contribution in [0.15, 0.2) is 103 Å². The fourth-order valence-electron chi connectivity index (χ4n) is 12.8. The zero-order valence-electron chi connectivity index (χ0n) is 70.6. The first-order valence-electron chi connectivity index (χ1n) is 40.0. The predicted octanol–water partition coefficient (Wildman–Crippen LogP) is -3.27. The van der Waals surface area contributed by atoms with E-state index in [1.807, 2.05) is 21.3 Å². The minimum Gasteiger partial charge on any atom is -0.481 e. The minimum atomic E-state index is -4.61. The van der Waals surface area contributed by atoms with Gasteiger partial charge < -0.3 is 126 Å². The third kappa shape index (κ3) is 33.3. The number of aliphatic carboxylic acids is 4. The number of esters is 1. The number of aromatic nitrogens is 1. The molecule has 2 heterocycles. The number of amides is 15. The van der Waals surface area contributed by atoms with Gasteiger partial charge in [0.15, 0.2) is 5.78 Å². The molecule has 0 spiro atoms. The van der Waals surface area contributed by atoms with Crippen molar-refractivity contribution in [3.63, 3.8) is 0 Å². The van der Waals surface area contributed by atoms with Gasteiger partial charge in [-0.1, -0.05) is 73.7 Å². The molecule has 4 aromatic carbocycles. The van der Waals surface area contributed by atoms with Crippen LogP contribution in [0, 0.1) is 5.92 Å². The summed E-state index contributed by atoms with van der Waals surface area (Å²) in [5, 5.41) is 81.0. The van der Waals surface area contributed by atoms with E-state index in [-0.39, 0.29) is 30.6 Å². The third-order valence-electron chi connectivity index (χ3n) is 19.4. The first-order valence-corrected chi connectivity index (χ1v) is 40.0. The summed E-state index contributed by atoms with van der Waals surface area (Å²) < 4.78 is 51.0. The summed E-state index contributed by atoms with van der Waals surface area (Å²) in [5.74, 6) is -31.3. The monoisotopic (exact) mass is 1830 g/mol. The topological polar surface area (TPSA) is 714 Å². The molecule has 702 valence electrons. The number of nitrogens with two attached hydrogens (primary N) is 2. The van der Waals surface area contributed by atoms with Crippen LogP contribution in [0.1, 0.15) is 120 Å². The predicted molar refractivity (Wildman–Crippen MR) is 443 cm³/mol. The number of alkyl halides is 3. The number of nitrogens with one attached hydrogen (secondary N) is 15. The SMILES string of the molecule is CC1NC(=O)C(CC(=O)O)NC(=O)C(CCCNC(=O)OC(C)(C)C)NC(=O)CNC(=O)C(NC(=O)C(CC(=O)O)NC(=O)C(CC(N)=O)NC(=O)C(Cc2c[nH]c3ccccc23)NC(=O)Cc2ccc(-c3ccc(C(F)(F)F)cc3)cc2)C(C)OC(=O)C(CC(=O)c2ccccc2N)NC(=O)C(C(C)CC(=O)O)NC(=O)C(CO)NC(=O)CNC(=O)C(CC(=O)O)NC1=O. The lowest BCUT2D eigenvalue weighted by Gasteiger charge is -2.30. The smallest absolute Gasteiger partial charge is 0.416 e. The Kier molecular flexibility index (Phi) is 38.2. The summed E-state index contributed by atoms with van der Waals surface area (Å²) in [5.41, 5.74) is 11.4. The number of carbonyl (C=O) groups is 21. The van der Waals surface area contributed by atoms with E-state index in [1.165, 1.54) is 81.6 Å². The van der Waals surface area contributed by atoms with Gasteiger partial charge in [0.25, 0.3) is 0 Å². The molecule has 1 aliphatic rings. The maximum atomic E-state index is 15.0. The van der Waals surface area contributed by atoms with Gasteiger partial charge in [-0.25, -0.2) is 9.59 Å². The number of alkyl carbamates (subject to hydrolysis) is 1. The molecule has 45 nitrogen and oxygen atoms in total. The number of nitrogen functional groups attached to an aromatic ring is 1. The molecule has 0 bridgehead atoms. The van der Waals surface area contributed by atoms with Crippen LogP contribution in [0.3, 0.4) is 0 Å². The second kappa shape index (κ2) is 48.0. The van der Waals surface area contributed by atoms with Crippen LogP contribution in [0.5, 0.6) is 0 Å². The van der Waals surface area contributed by atoms with Gasteiger partial charge in [-0.05, 0) is 106 Å². The van der Waals surface area contributed by atoms with Crippen LogP contribution in [-0.2, 0) is 120 Å². The number of primary amides is 1. The Morgan fingerprint density at radius 2 is 1.09 bits per heavy atom. The van der Waals surface area contributed by atoms with E-state index in [9.17, 15) is 139 Å². The Hall–Kier alpha value is -15.2. The molecule has 0 aliphatic carbocycles. The number of carboxylic acids is 4. The highest BCUT2D eigenvalue weighted by Crippen LogP contribution is 2.32. The van der Waals surface area contributed by atoms with Crippen molar-refractivity contribution in [2.45, 2.75) is 190 Å². The fourth-order valence-corrected chi connectivity index (χ4v) is 12.8. The average Bonchev–Trinajstić information content (AvgIpc) is 1.71. The van der Waals surface area contributed by atoms with Crippen molar-refractivity contribution in [3.8, 4) is 11.1 Å². The number of carboxylic acid groups (broad SMARTS) is 4. The molecule has 130 heavy (non-hydrogen) atoms. The number of halogens is 3. The molecule has 15 amide bonds. The zero-order chi connectivity index (χ0) is 96.8. The van der Waals surface area contributed by atoms with Crippen molar-refractivity contribution in [2.24, 2.45) is 11.7 Å². The van der Waals surface area contributed by atoms with Crippen LogP contribution in [-0.4, -0.2) is 259 Å². The largest absolute Gasteiger partial charge is 0.481 e. The first kappa shape index (κ1) is 104. The first-order chi connectivity index (χ1) is 61.0. The second-order valence-corrected chi connectivity index (χ2v) is 31.0. The van der Waals surface area contributed by atoms with E-state index in [0.717, 1.165) is 39.0 Å². The normalized spacial score (nSPS) is 20.2. The van der Waals surface area contributed by atoms with Crippen molar-refractivity contribution < 1.29 is 149 Å². The summed E-state index contributed by atoms with van der Waals surface area (Å²) in [6.07, 6.45) is -15.4. The maximum absolute atomic E-state index is 15.0. The van der Waals surface area contributed by atoms with Crippen LogP contribution in [0.4, 0.5) is 23.7 Å². The summed E-state index contributed by atoms with van der Waals surface area (Å²) in [6.45, 7) is 3.16. The Bertz CT molecular complexity index is 5060. The molecular weight excluding hydrogens is 1730 g/mol. The highest BCUT2D eigenvalue weighted by Gasteiger charge is 2.42. The van der Waals surface area contributed by atoms with Crippen LogP contribution < -0.4 is 85.9 Å². The van der Waals surface area contributed by atoms with E-state index >= 15 is 0 Å². The Balaban J connectivity index is 1.42. The Labute approximate surface area is 736 Å². The molecule has 1 aliphatic heterocycles. The van der Waals surface area contributed by atoms with Crippen LogP contribution in [0.25, 0.3) is 22.0 Å². The number of cyclic esters (lactones) is 1. The molecule has 1 fully saturated rings. The lowest BCUT2D eigenvalue weighted by Crippen LogP contribution is -2.62. The van der Waals surface area contributed by atoms with Gasteiger partial charge in [-0.2, -0.15) is 13.2 Å².